The van der Waals surface area contributed by atoms with Crippen LogP contribution in [-0.2, 0) is 17.5 Å². The molecular formula is C30H44F3N5O2. The van der Waals surface area contributed by atoms with E-state index in [1.807, 2.05) is 0 Å². The molecule has 0 bridgehead atoms. The molecule has 0 spiro atoms. The van der Waals surface area contributed by atoms with E-state index in [1.54, 1.807) is 10.8 Å². The number of aromatic nitrogens is 2. The average Bonchev–Trinajstić information content (AvgIpc) is 3.37. The van der Waals surface area contributed by atoms with E-state index in [-0.39, 0.29) is 22.7 Å². The molecule has 222 valence electrons. The van der Waals surface area contributed by atoms with E-state index < -0.39 is 11.7 Å². The molecule has 2 aromatic rings. The standard InChI is InChI=1S/C30H44F3N5O2/c1-20-6-5-9-36(13-20)15-22-10-25(30(31,32)33)27-17-37(28(39)38(27)16-22)24-8-4-7-23(11-24)29(18-40-19-29)12-26-21(2)14-35(3)34-26/h10,16-17,20-21,23-24,26,34H,4-9,11-15,18-19H2,1-3H3/t20-,21?,23?,24?,26?/m0/s1. The molecule has 1 saturated carbocycles. The Balaban J connectivity index is 1.28. The molecule has 4 fully saturated rings. The van der Waals surface area contributed by atoms with E-state index >= 15 is 0 Å². The molecule has 1 N–H and O–H groups in total. The van der Waals surface area contributed by atoms with Crippen LogP contribution < -0.4 is 11.1 Å². The topological polar surface area (TPSA) is 54.2 Å². The highest BCUT2D eigenvalue weighted by atomic mass is 19.4. The molecule has 4 aliphatic rings. The molecule has 4 unspecified atom stereocenters. The molecule has 5 heterocycles. The normalized spacial score (nSPS) is 32.0. The van der Waals surface area contributed by atoms with Gasteiger partial charge in [-0.1, -0.05) is 20.3 Å². The lowest BCUT2D eigenvalue weighted by Gasteiger charge is -2.51. The molecule has 0 amide bonds. The molecule has 0 radical (unpaired) electrons. The van der Waals surface area contributed by atoms with E-state index in [0.29, 0.717) is 35.9 Å². The molecule has 2 aromatic heterocycles. The molecule has 10 heteroatoms. The summed E-state index contributed by atoms with van der Waals surface area (Å²) in [5.74, 6) is 1.46. The van der Waals surface area contributed by atoms with Crippen LogP contribution in [0.25, 0.3) is 5.52 Å². The number of hydrazine groups is 1. The van der Waals surface area contributed by atoms with Gasteiger partial charge in [-0.3, -0.25) is 19.3 Å². The van der Waals surface area contributed by atoms with Crippen LogP contribution in [0.4, 0.5) is 13.2 Å². The van der Waals surface area contributed by atoms with E-state index in [9.17, 15) is 18.0 Å². The first kappa shape index (κ1) is 28.2. The van der Waals surface area contributed by atoms with E-state index in [1.165, 1.54) is 16.7 Å². The Kier molecular flexibility index (Phi) is 7.59. The van der Waals surface area contributed by atoms with Gasteiger partial charge in [0.25, 0.3) is 0 Å². The number of piperidine rings is 1. The van der Waals surface area contributed by atoms with E-state index in [2.05, 4.69) is 36.2 Å². The van der Waals surface area contributed by atoms with Gasteiger partial charge in [-0.2, -0.15) is 13.2 Å². The summed E-state index contributed by atoms with van der Waals surface area (Å²) >= 11 is 0. The number of likely N-dealkylation sites (tertiary alicyclic amines) is 1. The smallest absolute Gasteiger partial charge is 0.380 e. The highest BCUT2D eigenvalue weighted by Gasteiger charge is 2.50. The van der Waals surface area contributed by atoms with Crippen molar-refractivity contribution in [2.45, 2.75) is 83.6 Å². The van der Waals surface area contributed by atoms with Crippen molar-refractivity contribution in [1.29, 1.82) is 0 Å². The largest absolute Gasteiger partial charge is 0.418 e. The summed E-state index contributed by atoms with van der Waals surface area (Å²) in [6.07, 6.45) is 5.47. The molecule has 40 heavy (non-hydrogen) atoms. The zero-order chi connectivity index (χ0) is 28.2. The first-order valence-corrected chi connectivity index (χ1v) is 15.1. The van der Waals surface area contributed by atoms with Crippen LogP contribution in [-0.4, -0.2) is 64.8 Å². The minimum atomic E-state index is -4.53. The fourth-order valence-electron chi connectivity index (χ4n) is 8.09. The van der Waals surface area contributed by atoms with Crippen LogP contribution in [0.2, 0.25) is 0 Å². The van der Waals surface area contributed by atoms with Crippen molar-refractivity contribution < 1.29 is 17.9 Å². The fourth-order valence-corrected chi connectivity index (χ4v) is 8.09. The zero-order valence-electron chi connectivity index (χ0n) is 24.1. The number of rotatable bonds is 6. The van der Waals surface area contributed by atoms with Gasteiger partial charge in [-0.25, -0.2) is 9.80 Å². The Morgan fingerprint density at radius 3 is 2.55 bits per heavy atom. The summed E-state index contributed by atoms with van der Waals surface area (Å²) in [7, 11) is 2.08. The monoisotopic (exact) mass is 563 g/mol. The third kappa shape index (κ3) is 5.37. The van der Waals surface area contributed by atoms with Crippen LogP contribution in [0.3, 0.4) is 0 Å². The highest BCUT2D eigenvalue weighted by molar-refractivity contribution is 5.56. The van der Waals surface area contributed by atoms with Gasteiger partial charge < -0.3 is 4.74 Å². The summed E-state index contributed by atoms with van der Waals surface area (Å²) in [5.41, 5.74) is 3.10. The average molecular weight is 564 g/mol. The van der Waals surface area contributed by atoms with Crippen LogP contribution in [0, 0.1) is 23.2 Å². The molecule has 3 saturated heterocycles. The number of hydrogen-bond acceptors (Lipinski definition) is 5. The van der Waals surface area contributed by atoms with Crippen molar-refractivity contribution in [3.8, 4) is 0 Å². The Morgan fingerprint density at radius 2 is 1.90 bits per heavy atom. The number of nitrogens with one attached hydrogen (secondary N) is 1. The van der Waals surface area contributed by atoms with Gasteiger partial charge in [0.2, 0.25) is 0 Å². The lowest BCUT2D eigenvalue weighted by Crippen LogP contribution is -2.53. The Labute approximate surface area is 234 Å². The Bertz CT molecular complexity index is 1270. The maximum atomic E-state index is 14.3. The lowest BCUT2D eigenvalue weighted by molar-refractivity contribution is -0.164. The van der Waals surface area contributed by atoms with Gasteiger partial charge in [-0.05, 0) is 74.5 Å². The molecule has 3 aliphatic heterocycles. The maximum absolute atomic E-state index is 14.3. The second-order valence-electron chi connectivity index (χ2n) is 13.5. The molecule has 0 aromatic carbocycles. The first-order chi connectivity index (χ1) is 19.0. The van der Waals surface area contributed by atoms with Crippen molar-refractivity contribution in [2.75, 3.05) is 39.9 Å². The number of nitrogens with zero attached hydrogens (tertiary/aromatic N) is 4. The van der Waals surface area contributed by atoms with Crippen LogP contribution in [0.5, 0.6) is 0 Å². The molecule has 5 atom stereocenters. The molecule has 6 rings (SSSR count). The number of ether oxygens (including phenoxy) is 1. The lowest BCUT2D eigenvalue weighted by atomic mass is 9.63. The summed E-state index contributed by atoms with van der Waals surface area (Å²) in [5, 5.41) is 2.16. The number of pyridine rings is 1. The molecule has 7 nitrogen and oxygen atoms in total. The van der Waals surface area contributed by atoms with E-state index in [0.717, 1.165) is 77.8 Å². The van der Waals surface area contributed by atoms with Crippen molar-refractivity contribution in [3.05, 3.63) is 40.1 Å². The number of fused-ring (bicyclic) bond motifs is 1. The van der Waals surface area contributed by atoms with Gasteiger partial charge in [0.15, 0.2) is 0 Å². The highest BCUT2D eigenvalue weighted by Crippen LogP contribution is 2.50. The minimum absolute atomic E-state index is 0.0379. The predicted molar refractivity (Wildman–Crippen MR) is 148 cm³/mol. The number of hydrogen-bond donors (Lipinski definition) is 1. The second-order valence-corrected chi connectivity index (χ2v) is 13.5. The van der Waals surface area contributed by atoms with Crippen molar-refractivity contribution in [1.82, 2.24) is 24.3 Å². The van der Waals surface area contributed by atoms with Crippen molar-refractivity contribution >= 4 is 5.52 Å². The number of halogens is 3. The number of imidazole rings is 1. The third-order valence-electron chi connectivity index (χ3n) is 10.2. The summed E-state index contributed by atoms with van der Waals surface area (Å²) in [6.45, 7) is 9.10. The minimum Gasteiger partial charge on any atom is -0.380 e. The van der Waals surface area contributed by atoms with Crippen LogP contribution >= 0.6 is 0 Å². The summed E-state index contributed by atoms with van der Waals surface area (Å²) < 4.78 is 51.5. The Morgan fingerprint density at radius 1 is 1.10 bits per heavy atom. The number of alkyl halides is 3. The predicted octanol–water partition coefficient (Wildman–Crippen LogP) is 4.94. The van der Waals surface area contributed by atoms with Gasteiger partial charge in [0.1, 0.15) is 0 Å². The maximum Gasteiger partial charge on any atom is 0.418 e. The fraction of sp³-hybridized carbons (Fsp3) is 0.767. The van der Waals surface area contributed by atoms with Crippen molar-refractivity contribution in [3.63, 3.8) is 0 Å². The SMILES string of the molecule is CC1CN(C)NC1CC1(C2CCCC(n3cc4c(C(F)(F)F)cc(CN5CCC[C@H](C)C5)cn4c3=O)C2)COC1. The van der Waals surface area contributed by atoms with Gasteiger partial charge in [-0.15, -0.1) is 0 Å². The first-order valence-electron chi connectivity index (χ1n) is 15.1. The van der Waals surface area contributed by atoms with Gasteiger partial charge in [0, 0.05) is 56.6 Å². The zero-order valence-corrected chi connectivity index (χ0v) is 24.1. The van der Waals surface area contributed by atoms with Crippen LogP contribution in [0.1, 0.15) is 76.0 Å². The second kappa shape index (κ2) is 10.7. The van der Waals surface area contributed by atoms with Crippen LogP contribution in [0.15, 0.2) is 23.3 Å². The van der Waals surface area contributed by atoms with Gasteiger partial charge >= 0.3 is 11.9 Å². The van der Waals surface area contributed by atoms with E-state index in [4.69, 9.17) is 4.74 Å². The quantitative estimate of drug-likeness (QED) is 0.540. The Hall–Kier alpha value is -1.88. The van der Waals surface area contributed by atoms with Crippen molar-refractivity contribution in [2.24, 2.45) is 23.2 Å². The van der Waals surface area contributed by atoms with Gasteiger partial charge in [0.05, 0.1) is 24.3 Å². The summed E-state index contributed by atoms with van der Waals surface area (Å²) in [4.78, 5) is 15.9. The molecule has 1 aliphatic carbocycles. The third-order valence-corrected chi connectivity index (χ3v) is 10.2. The summed E-state index contributed by atoms with van der Waals surface area (Å²) in [6, 6.07) is 1.55. The molecular weight excluding hydrogens is 519 g/mol.